The fourth-order valence-corrected chi connectivity index (χ4v) is 2.30. The van der Waals surface area contributed by atoms with Crippen molar-refractivity contribution in [2.24, 2.45) is 5.41 Å². The third kappa shape index (κ3) is 4.67. The van der Waals surface area contributed by atoms with Gasteiger partial charge in [-0.05, 0) is 36.9 Å². The number of rotatable bonds is 6. The van der Waals surface area contributed by atoms with Gasteiger partial charge < -0.3 is 5.32 Å². The molecule has 21 heavy (non-hydrogen) atoms. The molecular formula is C17H26N4. The van der Waals surface area contributed by atoms with Crippen molar-refractivity contribution in [3.05, 3.63) is 42.2 Å². The fourth-order valence-electron chi connectivity index (χ4n) is 2.30. The predicted octanol–water partition coefficient (Wildman–Crippen LogP) is 3.74. The molecule has 1 heterocycles. The molecule has 1 aromatic carbocycles. The van der Waals surface area contributed by atoms with Crippen molar-refractivity contribution in [2.75, 3.05) is 6.54 Å². The van der Waals surface area contributed by atoms with Crippen LogP contribution in [0.4, 0.5) is 0 Å². The first kappa shape index (κ1) is 15.7. The number of benzene rings is 1. The van der Waals surface area contributed by atoms with Crippen molar-refractivity contribution in [2.45, 2.75) is 46.6 Å². The lowest BCUT2D eigenvalue weighted by Crippen LogP contribution is -2.23. The lowest BCUT2D eigenvalue weighted by atomic mass is 9.88. The Bertz CT molecular complexity index is 539. The first-order chi connectivity index (χ1) is 9.99. The maximum atomic E-state index is 4.64. The molecule has 2 rings (SSSR count). The monoisotopic (exact) mass is 286 g/mol. The average Bonchev–Trinajstić information content (AvgIpc) is 2.93. The summed E-state index contributed by atoms with van der Waals surface area (Å²) in [5.41, 5.74) is 2.35. The van der Waals surface area contributed by atoms with E-state index in [1.54, 1.807) is 4.80 Å². The van der Waals surface area contributed by atoms with Crippen LogP contribution in [-0.4, -0.2) is 21.5 Å². The molecule has 0 spiro atoms. The summed E-state index contributed by atoms with van der Waals surface area (Å²) in [4.78, 5) is 1.71. The Kier molecular flexibility index (Phi) is 5.12. The van der Waals surface area contributed by atoms with E-state index in [1.807, 2.05) is 36.5 Å². The predicted molar refractivity (Wildman–Crippen MR) is 86.5 cm³/mol. The largest absolute Gasteiger partial charge is 0.309 e. The van der Waals surface area contributed by atoms with Crippen molar-refractivity contribution in [3.8, 4) is 5.69 Å². The summed E-state index contributed by atoms with van der Waals surface area (Å²) in [6.45, 7) is 9.89. The number of nitrogens with zero attached hydrogens (tertiary/aromatic N) is 3. The van der Waals surface area contributed by atoms with Gasteiger partial charge in [-0.25, -0.2) is 0 Å². The number of nitrogens with one attached hydrogen (secondary N) is 1. The van der Waals surface area contributed by atoms with E-state index in [1.165, 1.54) is 0 Å². The van der Waals surface area contributed by atoms with Crippen molar-refractivity contribution < 1.29 is 0 Å². The van der Waals surface area contributed by atoms with Crippen LogP contribution in [0.15, 0.2) is 36.5 Å². The van der Waals surface area contributed by atoms with E-state index in [-0.39, 0.29) is 6.04 Å². The van der Waals surface area contributed by atoms with Crippen molar-refractivity contribution in [3.63, 3.8) is 0 Å². The zero-order valence-electron chi connectivity index (χ0n) is 13.5. The zero-order valence-corrected chi connectivity index (χ0v) is 13.5. The molecule has 0 amide bonds. The molecule has 1 atom stereocenters. The SMILES string of the molecule is CCNC(CCC(C)(C)C)c1cnn(-c2ccccc2)n1. The Hall–Kier alpha value is -1.68. The van der Waals surface area contributed by atoms with Crippen LogP contribution in [0.25, 0.3) is 5.69 Å². The lowest BCUT2D eigenvalue weighted by molar-refractivity contribution is 0.331. The number of aromatic nitrogens is 3. The highest BCUT2D eigenvalue weighted by Crippen LogP contribution is 2.26. The molecule has 4 heteroatoms. The molecule has 1 aromatic heterocycles. The van der Waals surface area contributed by atoms with Gasteiger partial charge in [-0.15, -0.1) is 0 Å². The van der Waals surface area contributed by atoms with E-state index in [0.29, 0.717) is 5.41 Å². The second-order valence-corrected chi connectivity index (χ2v) is 6.60. The molecule has 0 saturated carbocycles. The van der Waals surface area contributed by atoms with Crippen LogP contribution in [0.3, 0.4) is 0 Å². The summed E-state index contributed by atoms with van der Waals surface area (Å²) >= 11 is 0. The molecule has 1 unspecified atom stereocenters. The lowest BCUT2D eigenvalue weighted by Gasteiger charge is -2.22. The van der Waals surface area contributed by atoms with Crippen LogP contribution in [0, 0.1) is 5.41 Å². The third-order valence-electron chi connectivity index (χ3n) is 3.49. The van der Waals surface area contributed by atoms with Crippen LogP contribution in [0.1, 0.15) is 52.3 Å². The van der Waals surface area contributed by atoms with Gasteiger partial charge in [0.2, 0.25) is 0 Å². The van der Waals surface area contributed by atoms with E-state index >= 15 is 0 Å². The van der Waals surface area contributed by atoms with Crippen LogP contribution >= 0.6 is 0 Å². The molecule has 0 aliphatic heterocycles. The quantitative estimate of drug-likeness (QED) is 0.879. The highest BCUT2D eigenvalue weighted by atomic mass is 15.5. The van der Waals surface area contributed by atoms with Gasteiger partial charge >= 0.3 is 0 Å². The zero-order chi connectivity index (χ0) is 15.3. The summed E-state index contributed by atoms with van der Waals surface area (Å²) in [7, 11) is 0. The summed E-state index contributed by atoms with van der Waals surface area (Å²) in [6.07, 6.45) is 4.11. The Morgan fingerprint density at radius 1 is 1.19 bits per heavy atom. The maximum absolute atomic E-state index is 4.64. The van der Waals surface area contributed by atoms with E-state index in [9.17, 15) is 0 Å². The van der Waals surface area contributed by atoms with E-state index in [4.69, 9.17) is 0 Å². The molecular weight excluding hydrogens is 260 g/mol. The Morgan fingerprint density at radius 2 is 1.90 bits per heavy atom. The van der Waals surface area contributed by atoms with Crippen LogP contribution in [0.2, 0.25) is 0 Å². The molecule has 0 aliphatic rings. The Morgan fingerprint density at radius 3 is 2.52 bits per heavy atom. The summed E-state index contributed by atoms with van der Waals surface area (Å²) < 4.78 is 0. The smallest absolute Gasteiger partial charge is 0.100 e. The number of hydrogen-bond donors (Lipinski definition) is 1. The number of para-hydroxylation sites is 1. The van der Waals surface area contributed by atoms with Crippen molar-refractivity contribution in [1.82, 2.24) is 20.3 Å². The molecule has 0 saturated heterocycles. The van der Waals surface area contributed by atoms with Gasteiger partial charge in [-0.1, -0.05) is 45.9 Å². The van der Waals surface area contributed by atoms with Gasteiger partial charge in [0.05, 0.1) is 17.9 Å². The van der Waals surface area contributed by atoms with Gasteiger partial charge in [-0.2, -0.15) is 15.0 Å². The first-order valence-electron chi connectivity index (χ1n) is 7.70. The molecule has 0 fully saturated rings. The van der Waals surface area contributed by atoms with E-state index < -0.39 is 0 Å². The van der Waals surface area contributed by atoms with Crippen LogP contribution < -0.4 is 5.32 Å². The average molecular weight is 286 g/mol. The molecule has 4 nitrogen and oxygen atoms in total. The fraction of sp³-hybridized carbons (Fsp3) is 0.529. The highest BCUT2D eigenvalue weighted by Gasteiger charge is 2.18. The molecule has 0 aliphatic carbocycles. The summed E-state index contributed by atoms with van der Waals surface area (Å²) in [6, 6.07) is 10.3. The standard InChI is InChI=1S/C17H26N4/c1-5-18-15(11-12-17(2,3)4)16-13-19-21(20-16)14-9-7-6-8-10-14/h6-10,13,15,18H,5,11-12H2,1-4H3. The molecule has 114 valence electrons. The molecule has 0 radical (unpaired) electrons. The minimum absolute atomic E-state index is 0.270. The Balaban J connectivity index is 2.12. The second-order valence-electron chi connectivity index (χ2n) is 6.60. The third-order valence-corrected chi connectivity index (χ3v) is 3.49. The normalized spacial score (nSPS) is 13.3. The van der Waals surface area contributed by atoms with Crippen molar-refractivity contribution >= 4 is 0 Å². The minimum Gasteiger partial charge on any atom is -0.309 e. The van der Waals surface area contributed by atoms with Crippen molar-refractivity contribution in [1.29, 1.82) is 0 Å². The molecule has 0 bridgehead atoms. The first-order valence-corrected chi connectivity index (χ1v) is 7.70. The van der Waals surface area contributed by atoms with E-state index in [0.717, 1.165) is 30.8 Å². The van der Waals surface area contributed by atoms with Gasteiger partial charge in [0.15, 0.2) is 0 Å². The molecule has 2 aromatic rings. The topological polar surface area (TPSA) is 42.7 Å². The van der Waals surface area contributed by atoms with Gasteiger partial charge in [0, 0.05) is 0 Å². The summed E-state index contributed by atoms with van der Waals surface area (Å²) in [5.74, 6) is 0. The van der Waals surface area contributed by atoms with Crippen LogP contribution in [-0.2, 0) is 0 Å². The minimum atomic E-state index is 0.270. The van der Waals surface area contributed by atoms with Gasteiger partial charge in [0.1, 0.15) is 5.69 Å². The van der Waals surface area contributed by atoms with Gasteiger partial charge in [-0.3, -0.25) is 0 Å². The number of hydrogen-bond acceptors (Lipinski definition) is 3. The maximum Gasteiger partial charge on any atom is 0.100 e. The van der Waals surface area contributed by atoms with Crippen LogP contribution in [0.5, 0.6) is 0 Å². The highest BCUT2D eigenvalue weighted by molar-refractivity contribution is 5.28. The molecule has 1 N–H and O–H groups in total. The second kappa shape index (κ2) is 6.85. The summed E-state index contributed by atoms with van der Waals surface area (Å²) in [5, 5.41) is 12.6. The van der Waals surface area contributed by atoms with Gasteiger partial charge in [0.25, 0.3) is 0 Å². The van der Waals surface area contributed by atoms with E-state index in [2.05, 4.69) is 43.2 Å². The Labute approximate surface area is 127 Å².